The topological polar surface area (TPSA) is 95.9 Å². The molecule has 0 saturated heterocycles. The van der Waals surface area contributed by atoms with E-state index < -0.39 is 12.1 Å². The van der Waals surface area contributed by atoms with Gasteiger partial charge in [-0.05, 0) is 89.9 Å². The molecular formula is C56H105NO5. The first-order valence-corrected chi connectivity index (χ1v) is 27.3. The lowest BCUT2D eigenvalue weighted by molar-refractivity contribution is -0.143. The van der Waals surface area contributed by atoms with Crippen molar-refractivity contribution in [2.45, 2.75) is 296 Å². The molecule has 1 amide bonds. The number of allylic oxidation sites excluding steroid dienone is 5. The van der Waals surface area contributed by atoms with Gasteiger partial charge in [0.05, 0.1) is 25.4 Å². The molecule has 0 rings (SSSR count). The standard InChI is InChI=1S/C56H105NO5/c1-3-5-7-9-11-13-15-17-18-19-20-21-22-23-24-25-28-32-36-40-44-48-54(59)53(52-58)57-55(60)49-45-41-37-33-29-26-27-31-35-39-43-47-51-62-56(61)50-46-42-38-34-30-16-14-12-10-8-6-4-2/h12,14,27,31,44,48,53-54,58-59H,3-11,13,15-26,28-30,32-43,45-47,49-52H2,1-2H3,(H,57,60)/b14-12-,31-27-,48-44+. The summed E-state index contributed by atoms with van der Waals surface area (Å²) in [7, 11) is 0. The maximum absolute atomic E-state index is 12.5. The van der Waals surface area contributed by atoms with Gasteiger partial charge in [-0.1, -0.05) is 217 Å². The van der Waals surface area contributed by atoms with E-state index >= 15 is 0 Å². The van der Waals surface area contributed by atoms with Crippen molar-refractivity contribution in [1.29, 1.82) is 0 Å². The fourth-order valence-corrected chi connectivity index (χ4v) is 8.15. The molecule has 0 aliphatic heterocycles. The predicted molar refractivity (Wildman–Crippen MR) is 269 cm³/mol. The number of hydrogen-bond donors (Lipinski definition) is 3. The minimum atomic E-state index is -0.862. The summed E-state index contributed by atoms with van der Waals surface area (Å²) in [6.45, 7) is 4.82. The molecule has 2 unspecified atom stereocenters. The molecule has 62 heavy (non-hydrogen) atoms. The average Bonchev–Trinajstić information content (AvgIpc) is 3.27. The molecule has 6 nitrogen and oxygen atoms in total. The van der Waals surface area contributed by atoms with Crippen LogP contribution in [0.3, 0.4) is 0 Å². The van der Waals surface area contributed by atoms with Gasteiger partial charge in [-0.2, -0.15) is 0 Å². The Balaban J connectivity index is 3.55. The third kappa shape index (κ3) is 47.6. The van der Waals surface area contributed by atoms with Gasteiger partial charge in [0.2, 0.25) is 5.91 Å². The highest BCUT2D eigenvalue weighted by Gasteiger charge is 2.18. The van der Waals surface area contributed by atoms with Crippen LogP contribution < -0.4 is 5.32 Å². The van der Waals surface area contributed by atoms with Crippen LogP contribution in [0.4, 0.5) is 0 Å². The van der Waals surface area contributed by atoms with Crippen LogP contribution in [-0.4, -0.2) is 47.4 Å². The van der Waals surface area contributed by atoms with E-state index in [1.807, 2.05) is 6.08 Å². The highest BCUT2D eigenvalue weighted by molar-refractivity contribution is 5.76. The summed E-state index contributed by atoms with van der Waals surface area (Å²) in [5.74, 6) is -0.128. The molecule has 0 radical (unpaired) electrons. The van der Waals surface area contributed by atoms with Crippen molar-refractivity contribution in [3.8, 4) is 0 Å². The molecule has 3 N–H and O–H groups in total. The normalized spacial score (nSPS) is 12.9. The van der Waals surface area contributed by atoms with Gasteiger partial charge >= 0.3 is 5.97 Å². The average molecular weight is 872 g/mol. The molecular weight excluding hydrogens is 767 g/mol. The number of rotatable bonds is 50. The molecule has 0 aromatic heterocycles. The number of amides is 1. The molecule has 0 aromatic carbocycles. The highest BCUT2D eigenvalue weighted by atomic mass is 16.5. The SMILES string of the molecule is CCCCC/C=C\CCCCCCCC(=O)OCCCCC/C=C\CCCCCCCC(=O)NC(CO)C(O)/C=C/CCCCCCCCCCCCCCCCCCCCC. The third-order valence-corrected chi connectivity index (χ3v) is 12.4. The van der Waals surface area contributed by atoms with E-state index in [0.717, 1.165) is 83.5 Å². The molecule has 0 fully saturated rings. The smallest absolute Gasteiger partial charge is 0.305 e. The Kier molecular flexibility index (Phi) is 50.1. The highest BCUT2D eigenvalue weighted by Crippen LogP contribution is 2.16. The summed E-state index contributed by atoms with van der Waals surface area (Å²) in [6, 6.07) is -0.648. The quantitative estimate of drug-likeness (QED) is 0.0321. The minimum Gasteiger partial charge on any atom is -0.466 e. The van der Waals surface area contributed by atoms with E-state index in [1.54, 1.807) is 6.08 Å². The van der Waals surface area contributed by atoms with E-state index in [1.165, 1.54) is 173 Å². The van der Waals surface area contributed by atoms with Crippen molar-refractivity contribution < 1.29 is 24.5 Å². The van der Waals surface area contributed by atoms with Crippen LogP contribution in [0, 0.1) is 0 Å². The first-order chi connectivity index (χ1) is 30.5. The number of nitrogens with one attached hydrogen (secondary N) is 1. The Morgan fingerprint density at radius 1 is 0.435 bits per heavy atom. The van der Waals surface area contributed by atoms with Crippen molar-refractivity contribution in [2.75, 3.05) is 13.2 Å². The second kappa shape index (κ2) is 51.7. The monoisotopic (exact) mass is 872 g/mol. The van der Waals surface area contributed by atoms with Crippen molar-refractivity contribution >= 4 is 11.9 Å². The number of carbonyl (C=O) groups is 2. The molecule has 0 heterocycles. The van der Waals surface area contributed by atoms with Crippen LogP contribution in [0.5, 0.6) is 0 Å². The molecule has 0 spiro atoms. The summed E-state index contributed by atoms with van der Waals surface area (Å²) >= 11 is 0. The van der Waals surface area contributed by atoms with Crippen molar-refractivity contribution in [3.05, 3.63) is 36.5 Å². The summed E-state index contributed by atoms with van der Waals surface area (Å²) in [5, 5.41) is 23.1. The van der Waals surface area contributed by atoms with Crippen LogP contribution in [0.15, 0.2) is 36.5 Å². The second-order valence-corrected chi connectivity index (χ2v) is 18.5. The Morgan fingerprint density at radius 2 is 0.758 bits per heavy atom. The van der Waals surface area contributed by atoms with E-state index in [4.69, 9.17) is 4.74 Å². The van der Waals surface area contributed by atoms with Gasteiger partial charge in [-0.25, -0.2) is 0 Å². The lowest BCUT2D eigenvalue weighted by atomic mass is 10.0. The fourth-order valence-electron chi connectivity index (χ4n) is 8.15. The number of aliphatic hydroxyl groups excluding tert-OH is 2. The van der Waals surface area contributed by atoms with Crippen LogP contribution in [-0.2, 0) is 14.3 Å². The van der Waals surface area contributed by atoms with Crippen LogP contribution >= 0.6 is 0 Å². The number of ether oxygens (including phenoxy) is 1. The Labute approximate surface area is 385 Å². The largest absolute Gasteiger partial charge is 0.466 e. The first kappa shape index (κ1) is 60.1. The van der Waals surface area contributed by atoms with Gasteiger partial charge in [-0.15, -0.1) is 0 Å². The third-order valence-electron chi connectivity index (χ3n) is 12.4. The number of carbonyl (C=O) groups excluding carboxylic acids is 2. The minimum absolute atomic E-state index is 0.0346. The maximum atomic E-state index is 12.5. The van der Waals surface area contributed by atoms with Crippen molar-refractivity contribution in [1.82, 2.24) is 5.32 Å². The Morgan fingerprint density at radius 3 is 1.18 bits per heavy atom. The zero-order valence-electron chi connectivity index (χ0n) is 41.4. The summed E-state index contributed by atoms with van der Waals surface area (Å²) in [6.07, 6.45) is 63.0. The molecule has 364 valence electrons. The zero-order valence-corrected chi connectivity index (χ0v) is 41.4. The van der Waals surface area contributed by atoms with Gasteiger partial charge in [0.1, 0.15) is 0 Å². The van der Waals surface area contributed by atoms with Gasteiger partial charge in [0, 0.05) is 12.8 Å². The number of hydrogen-bond acceptors (Lipinski definition) is 5. The van der Waals surface area contributed by atoms with Gasteiger partial charge in [-0.3, -0.25) is 9.59 Å². The number of aliphatic hydroxyl groups is 2. The molecule has 2 atom stereocenters. The van der Waals surface area contributed by atoms with E-state index in [9.17, 15) is 19.8 Å². The fraction of sp³-hybridized carbons (Fsp3) is 0.857. The maximum Gasteiger partial charge on any atom is 0.305 e. The lowest BCUT2D eigenvalue weighted by Crippen LogP contribution is -2.45. The molecule has 0 saturated carbocycles. The molecule has 0 aromatic rings. The zero-order chi connectivity index (χ0) is 45.1. The van der Waals surface area contributed by atoms with Gasteiger partial charge in [0.25, 0.3) is 0 Å². The molecule has 0 aliphatic carbocycles. The molecule has 6 heteroatoms. The van der Waals surface area contributed by atoms with Crippen molar-refractivity contribution in [3.63, 3.8) is 0 Å². The van der Waals surface area contributed by atoms with Crippen LogP contribution in [0.2, 0.25) is 0 Å². The van der Waals surface area contributed by atoms with Gasteiger partial charge < -0.3 is 20.3 Å². The summed E-state index contributed by atoms with van der Waals surface area (Å²) in [4.78, 5) is 24.4. The predicted octanol–water partition coefficient (Wildman–Crippen LogP) is 16.5. The van der Waals surface area contributed by atoms with E-state index in [0.29, 0.717) is 19.4 Å². The van der Waals surface area contributed by atoms with Crippen molar-refractivity contribution in [2.24, 2.45) is 0 Å². The first-order valence-electron chi connectivity index (χ1n) is 27.3. The summed E-state index contributed by atoms with van der Waals surface area (Å²) in [5.41, 5.74) is 0. The molecule has 0 aliphatic rings. The number of esters is 1. The van der Waals surface area contributed by atoms with Crippen LogP contribution in [0.25, 0.3) is 0 Å². The van der Waals surface area contributed by atoms with E-state index in [-0.39, 0.29) is 18.5 Å². The number of unbranched alkanes of at least 4 members (excludes halogenated alkanes) is 35. The summed E-state index contributed by atoms with van der Waals surface area (Å²) < 4.78 is 5.43. The molecule has 0 bridgehead atoms. The Hall–Kier alpha value is -1.92. The van der Waals surface area contributed by atoms with E-state index in [2.05, 4.69) is 43.5 Å². The lowest BCUT2D eigenvalue weighted by Gasteiger charge is -2.20. The Bertz CT molecular complexity index is 1010. The van der Waals surface area contributed by atoms with Gasteiger partial charge in [0.15, 0.2) is 0 Å². The second-order valence-electron chi connectivity index (χ2n) is 18.5. The van der Waals surface area contributed by atoms with Crippen LogP contribution in [0.1, 0.15) is 284 Å².